The van der Waals surface area contributed by atoms with Gasteiger partial charge in [0.05, 0.1) is 25.8 Å². The summed E-state index contributed by atoms with van der Waals surface area (Å²) in [5, 5.41) is 6.39. The van der Waals surface area contributed by atoms with E-state index in [1.165, 1.54) is 19.8 Å². The zero-order valence-corrected chi connectivity index (χ0v) is 19.7. The molecule has 12 heteroatoms. The molecule has 0 spiro atoms. The average Bonchev–Trinajstić information content (AvgIpc) is 3.66. The van der Waals surface area contributed by atoms with Crippen molar-refractivity contribution in [2.24, 2.45) is 5.73 Å². The number of methoxy groups -OCH3 is 1. The first-order valence-electron chi connectivity index (χ1n) is 11.4. The average molecular weight is 493 g/mol. The largest absolute Gasteiger partial charge is 0.467 e. The van der Waals surface area contributed by atoms with Crippen LogP contribution in [-0.2, 0) is 38.4 Å². The summed E-state index contributed by atoms with van der Waals surface area (Å²) in [5.41, 5.74) is 9.17. The van der Waals surface area contributed by atoms with Crippen molar-refractivity contribution < 1.29 is 19.1 Å². The molecule has 4 rings (SSSR count). The minimum Gasteiger partial charge on any atom is -0.467 e. The van der Waals surface area contributed by atoms with E-state index in [0.29, 0.717) is 11.4 Å². The standard InChI is InChI=1S/C24H28N8O4/c1-36-24(35)21(8-16-11-27-13-30-16)32-23(34)20(6-14-9-28-19-5-3-2-4-17(14)19)31-22(33)18(25)7-15-10-26-12-29-15/h2-5,9-13,18,20-21,28H,6-8,25H2,1H3,(H,26,29)(H,27,30)(H,31,33)(H,32,34)/t18-,20-,21-/m0/s1. The Morgan fingerprint density at radius 3 is 2.25 bits per heavy atom. The number of para-hydroxylation sites is 1. The van der Waals surface area contributed by atoms with E-state index in [-0.39, 0.29) is 19.3 Å². The number of hydrogen-bond donors (Lipinski definition) is 6. The van der Waals surface area contributed by atoms with Gasteiger partial charge in [0.25, 0.3) is 0 Å². The van der Waals surface area contributed by atoms with E-state index in [2.05, 4.69) is 35.6 Å². The first kappa shape index (κ1) is 24.7. The van der Waals surface area contributed by atoms with E-state index in [1.54, 1.807) is 18.6 Å². The minimum absolute atomic E-state index is 0.144. The summed E-state index contributed by atoms with van der Waals surface area (Å²) in [6.07, 6.45) is 8.46. The maximum Gasteiger partial charge on any atom is 0.328 e. The number of nitrogens with one attached hydrogen (secondary N) is 5. The molecule has 0 radical (unpaired) electrons. The molecule has 0 unspecified atom stereocenters. The van der Waals surface area contributed by atoms with E-state index >= 15 is 0 Å². The molecule has 1 aromatic carbocycles. The van der Waals surface area contributed by atoms with Gasteiger partial charge in [-0.05, 0) is 11.6 Å². The second-order valence-electron chi connectivity index (χ2n) is 8.38. The van der Waals surface area contributed by atoms with Crippen LogP contribution in [0, 0.1) is 0 Å². The second kappa shape index (κ2) is 11.3. The van der Waals surface area contributed by atoms with Crippen molar-refractivity contribution in [2.45, 2.75) is 37.4 Å². The number of benzene rings is 1. The van der Waals surface area contributed by atoms with Gasteiger partial charge in [0.1, 0.15) is 12.1 Å². The summed E-state index contributed by atoms with van der Waals surface area (Å²) in [4.78, 5) is 55.6. The Balaban J connectivity index is 1.54. The van der Waals surface area contributed by atoms with Gasteiger partial charge in [-0.15, -0.1) is 0 Å². The first-order chi connectivity index (χ1) is 17.4. The van der Waals surface area contributed by atoms with Gasteiger partial charge in [-0.3, -0.25) is 9.59 Å². The number of carbonyl (C=O) groups is 3. The van der Waals surface area contributed by atoms with E-state index in [0.717, 1.165) is 16.5 Å². The van der Waals surface area contributed by atoms with Gasteiger partial charge in [-0.25, -0.2) is 14.8 Å². The fourth-order valence-corrected chi connectivity index (χ4v) is 3.96. The first-order valence-corrected chi connectivity index (χ1v) is 11.4. The lowest BCUT2D eigenvalue weighted by molar-refractivity contribution is -0.145. The van der Waals surface area contributed by atoms with Crippen molar-refractivity contribution in [3.63, 3.8) is 0 Å². The maximum atomic E-state index is 13.4. The van der Waals surface area contributed by atoms with Crippen molar-refractivity contribution in [1.29, 1.82) is 0 Å². The van der Waals surface area contributed by atoms with Crippen molar-refractivity contribution in [2.75, 3.05) is 7.11 Å². The van der Waals surface area contributed by atoms with Crippen LogP contribution in [0.5, 0.6) is 0 Å². The molecule has 0 bridgehead atoms. The normalized spacial score (nSPS) is 13.6. The Morgan fingerprint density at radius 1 is 0.917 bits per heavy atom. The number of fused-ring (bicyclic) bond motifs is 1. The Kier molecular flexibility index (Phi) is 7.75. The smallest absolute Gasteiger partial charge is 0.328 e. The molecule has 7 N–H and O–H groups in total. The summed E-state index contributed by atoms with van der Waals surface area (Å²) in [5.74, 6) is -1.67. The lowest BCUT2D eigenvalue weighted by Crippen LogP contribution is -2.56. The third-order valence-corrected chi connectivity index (χ3v) is 5.84. The topological polar surface area (TPSA) is 184 Å². The monoisotopic (exact) mass is 492 g/mol. The lowest BCUT2D eigenvalue weighted by atomic mass is 10.0. The number of amides is 2. The number of esters is 1. The molecule has 3 heterocycles. The van der Waals surface area contributed by atoms with Crippen LogP contribution in [0.3, 0.4) is 0 Å². The van der Waals surface area contributed by atoms with Gasteiger partial charge in [-0.2, -0.15) is 0 Å². The van der Waals surface area contributed by atoms with Gasteiger partial charge in [-0.1, -0.05) is 18.2 Å². The molecule has 0 saturated carbocycles. The number of H-pyrrole nitrogens is 3. The fraction of sp³-hybridized carbons (Fsp3) is 0.292. The van der Waals surface area contributed by atoms with Crippen molar-refractivity contribution in [1.82, 2.24) is 35.6 Å². The molecule has 3 aromatic heterocycles. The zero-order chi connectivity index (χ0) is 25.5. The van der Waals surface area contributed by atoms with E-state index in [4.69, 9.17) is 10.5 Å². The van der Waals surface area contributed by atoms with Gasteiger partial charge in [0, 0.05) is 60.1 Å². The number of hydrogen-bond acceptors (Lipinski definition) is 7. The molecule has 0 aliphatic carbocycles. The molecule has 3 atom stereocenters. The lowest BCUT2D eigenvalue weighted by Gasteiger charge is -2.23. The van der Waals surface area contributed by atoms with Crippen molar-refractivity contribution in [3.05, 3.63) is 72.5 Å². The summed E-state index contributed by atoms with van der Waals surface area (Å²) in [7, 11) is 1.24. The zero-order valence-electron chi connectivity index (χ0n) is 19.7. The number of rotatable bonds is 11. The predicted octanol–water partition coefficient (Wildman–Crippen LogP) is 0.112. The minimum atomic E-state index is -1.00. The van der Waals surface area contributed by atoms with Gasteiger partial charge in [0.2, 0.25) is 11.8 Å². The highest BCUT2D eigenvalue weighted by Crippen LogP contribution is 2.19. The highest BCUT2D eigenvalue weighted by atomic mass is 16.5. The third-order valence-electron chi connectivity index (χ3n) is 5.84. The molecule has 2 amide bonds. The van der Waals surface area contributed by atoms with Crippen LogP contribution in [0.15, 0.2) is 55.5 Å². The van der Waals surface area contributed by atoms with Crippen LogP contribution in [0.4, 0.5) is 0 Å². The maximum absolute atomic E-state index is 13.4. The number of nitrogens with two attached hydrogens (primary N) is 1. The number of nitrogens with zero attached hydrogens (tertiary/aromatic N) is 2. The number of aromatic nitrogens is 5. The molecule has 0 aliphatic rings. The van der Waals surface area contributed by atoms with E-state index < -0.39 is 35.9 Å². The highest BCUT2D eigenvalue weighted by Gasteiger charge is 2.30. The number of aromatic amines is 3. The third kappa shape index (κ3) is 5.96. The van der Waals surface area contributed by atoms with Crippen LogP contribution >= 0.6 is 0 Å². The molecule has 0 aliphatic heterocycles. The molecule has 0 fully saturated rings. The van der Waals surface area contributed by atoms with Crippen molar-refractivity contribution in [3.8, 4) is 0 Å². The predicted molar refractivity (Wildman–Crippen MR) is 130 cm³/mol. The number of ether oxygens (including phenoxy) is 1. The molecular formula is C24H28N8O4. The van der Waals surface area contributed by atoms with Crippen molar-refractivity contribution >= 4 is 28.7 Å². The quantitative estimate of drug-likeness (QED) is 0.161. The molecule has 0 saturated heterocycles. The van der Waals surface area contributed by atoms with Crippen LogP contribution in [0.1, 0.15) is 17.0 Å². The Morgan fingerprint density at radius 2 is 1.58 bits per heavy atom. The summed E-state index contributed by atoms with van der Waals surface area (Å²) < 4.78 is 4.87. The highest BCUT2D eigenvalue weighted by molar-refractivity contribution is 5.93. The number of carbonyl (C=O) groups excluding carboxylic acids is 3. The Bertz CT molecular complexity index is 1300. The van der Waals surface area contributed by atoms with Gasteiger partial charge in [0.15, 0.2) is 0 Å². The van der Waals surface area contributed by atoms with E-state index in [9.17, 15) is 14.4 Å². The molecule has 36 heavy (non-hydrogen) atoms. The number of imidazole rings is 2. The van der Waals surface area contributed by atoms with Crippen LogP contribution in [0.25, 0.3) is 10.9 Å². The Labute approximate surface area is 206 Å². The van der Waals surface area contributed by atoms with Gasteiger partial charge < -0.3 is 36.1 Å². The molecule has 188 valence electrons. The molecule has 4 aromatic rings. The summed E-state index contributed by atoms with van der Waals surface area (Å²) in [6.45, 7) is 0. The van der Waals surface area contributed by atoms with E-state index in [1.807, 2.05) is 24.3 Å². The van der Waals surface area contributed by atoms with Crippen LogP contribution in [0.2, 0.25) is 0 Å². The molecule has 12 nitrogen and oxygen atoms in total. The summed E-state index contributed by atoms with van der Waals surface area (Å²) >= 11 is 0. The summed E-state index contributed by atoms with van der Waals surface area (Å²) in [6, 6.07) is 4.75. The van der Waals surface area contributed by atoms with Crippen LogP contribution in [-0.4, -0.2) is 67.9 Å². The van der Waals surface area contributed by atoms with Gasteiger partial charge >= 0.3 is 5.97 Å². The van der Waals surface area contributed by atoms with Crippen LogP contribution < -0.4 is 16.4 Å². The second-order valence-corrected chi connectivity index (χ2v) is 8.38. The fourth-order valence-electron chi connectivity index (χ4n) is 3.96. The molecular weight excluding hydrogens is 464 g/mol. The Hall–Kier alpha value is -4.45. The SMILES string of the molecule is COC(=O)[C@H](Cc1cnc[nH]1)NC(=O)[C@H](Cc1c[nH]c2ccccc12)NC(=O)[C@@H](N)Cc1cnc[nH]1.